The number of unbranched alkanes of at least 4 members (excludes halogenated alkanes) is 1. The highest BCUT2D eigenvalue weighted by Crippen LogP contribution is 2.34. The van der Waals surface area contributed by atoms with E-state index >= 15 is 0 Å². The van der Waals surface area contributed by atoms with Crippen LogP contribution in [0.2, 0.25) is 5.02 Å². The van der Waals surface area contributed by atoms with Crippen LogP contribution in [0.4, 0.5) is 5.69 Å². The van der Waals surface area contributed by atoms with Crippen molar-refractivity contribution in [2.75, 3.05) is 17.2 Å². The standard InChI is InChI=1S/C25H24ClN5O2S/c1-2-3-12-29(18-9-5-4-6-10-18)22(32)14-20-16-34-25-28-23-21(24(33)30(20)25)15-27-31(23)19-11-7-8-17(26)13-19/h4-11,13,15,20H,2-3,12,14,16H2,1H3. The van der Waals surface area contributed by atoms with E-state index in [-0.39, 0.29) is 23.9 Å². The molecule has 1 aliphatic rings. The quantitative estimate of drug-likeness (QED) is 0.335. The lowest BCUT2D eigenvalue weighted by Gasteiger charge is -2.24. The van der Waals surface area contributed by atoms with Crippen molar-refractivity contribution in [3.8, 4) is 5.69 Å². The Kier molecular flexibility index (Phi) is 6.43. The molecule has 0 fully saturated rings. The van der Waals surface area contributed by atoms with Crippen molar-refractivity contribution in [3.63, 3.8) is 0 Å². The van der Waals surface area contributed by atoms with Gasteiger partial charge >= 0.3 is 0 Å². The van der Waals surface area contributed by atoms with Crippen molar-refractivity contribution in [1.82, 2.24) is 19.3 Å². The third-order valence-electron chi connectivity index (χ3n) is 5.94. The molecule has 4 aromatic rings. The number of fused-ring (bicyclic) bond motifs is 2. The molecule has 0 spiro atoms. The molecular formula is C25H24ClN5O2S. The lowest BCUT2D eigenvalue weighted by atomic mass is 10.1. The summed E-state index contributed by atoms with van der Waals surface area (Å²) in [6.45, 7) is 2.77. The lowest BCUT2D eigenvalue weighted by Crippen LogP contribution is -2.35. The number of para-hydroxylation sites is 1. The van der Waals surface area contributed by atoms with Crippen molar-refractivity contribution < 1.29 is 4.79 Å². The zero-order valence-corrected chi connectivity index (χ0v) is 20.3. The first-order chi connectivity index (χ1) is 16.6. The van der Waals surface area contributed by atoms with Gasteiger partial charge in [0.1, 0.15) is 5.39 Å². The lowest BCUT2D eigenvalue weighted by molar-refractivity contribution is -0.119. The normalized spacial score (nSPS) is 14.9. The fourth-order valence-corrected chi connectivity index (χ4v) is 5.53. The van der Waals surface area contributed by atoms with Crippen LogP contribution in [0.15, 0.2) is 70.7 Å². The van der Waals surface area contributed by atoms with Crippen molar-refractivity contribution in [3.05, 3.63) is 76.2 Å². The van der Waals surface area contributed by atoms with Gasteiger partial charge in [-0.1, -0.05) is 61.0 Å². The van der Waals surface area contributed by atoms with Crippen molar-refractivity contribution in [2.45, 2.75) is 37.4 Å². The number of thioether (sulfide) groups is 1. The fraction of sp³-hybridized carbons (Fsp3) is 0.280. The molecule has 7 nitrogen and oxygen atoms in total. The van der Waals surface area contributed by atoms with E-state index in [4.69, 9.17) is 16.6 Å². The number of carbonyl (C=O) groups is 1. The van der Waals surface area contributed by atoms with Gasteiger partial charge in [-0.2, -0.15) is 5.10 Å². The van der Waals surface area contributed by atoms with E-state index in [1.807, 2.05) is 47.4 Å². The molecule has 1 atom stereocenters. The molecular weight excluding hydrogens is 470 g/mol. The van der Waals surface area contributed by atoms with Crippen molar-refractivity contribution in [1.29, 1.82) is 0 Å². The van der Waals surface area contributed by atoms with Gasteiger partial charge in [0, 0.05) is 29.4 Å². The van der Waals surface area contributed by atoms with Crippen LogP contribution in [-0.4, -0.2) is 37.5 Å². The van der Waals surface area contributed by atoms with Crippen LogP contribution in [0, 0.1) is 0 Å². The van der Waals surface area contributed by atoms with Gasteiger partial charge < -0.3 is 4.90 Å². The third kappa shape index (κ3) is 4.23. The van der Waals surface area contributed by atoms with Crippen molar-refractivity contribution in [2.24, 2.45) is 0 Å². The molecule has 2 aromatic carbocycles. The van der Waals surface area contributed by atoms with Crippen molar-refractivity contribution >= 4 is 46.0 Å². The minimum absolute atomic E-state index is 0.0136. The number of anilines is 1. The van der Waals surface area contributed by atoms with Crippen LogP contribution >= 0.6 is 23.4 Å². The number of carbonyl (C=O) groups excluding carboxylic acids is 1. The maximum Gasteiger partial charge on any atom is 0.265 e. The molecule has 1 amide bonds. The zero-order valence-electron chi connectivity index (χ0n) is 18.7. The smallest absolute Gasteiger partial charge is 0.265 e. The Bertz CT molecular complexity index is 1400. The molecule has 5 rings (SSSR count). The predicted octanol–water partition coefficient (Wildman–Crippen LogP) is 5.11. The summed E-state index contributed by atoms with van der Waals surface area (Å²) in [5.41, 5.74) is 1.95. The summed E-state index contributed by atoms with van der Waals surface area (Å²) in [6.07, 6.45) is 3.70. The monoisotopic (exact) mass is 493 g/mol. The summed E-state index contributed by atoms with van der Waals surface area (Å²) < 4.78 is 3.29. The summed E-state index contributed by atoms with van der Waals surface area (Å²) in [6, 6.07) is 16.7. The Hall–Kier alpha value is -3.10. The number of hydrogen-bond donors (Lipinski definition) is 0. The van der Waals surface area contributed by atoms with E-state index in [1.54, 1.807) is 21.4 Å². The van der Waals surface area contributed by atoms with E-state index < -0.39 is 0 Å². The highest BCUT2D eigenvalue weighted by molar-refractivity contribution is 7.99. The number of amides is 1. The van der Waals surface area contributed by atoms with E-state index in [2.05, 4.69) is 12.0 Å². The number of hydrogen-bond acceptors (Lipinski definition) is 5. The SMILES string of the molecule is CCCCN(C(=O)CC1CSc2nc3c(cnn3-c3cccc(Cl)c3)c(=O)n21)c1ccccc1. The van der Waals surface area contributed by atoms with Gasteiger partial charge in [-0.25, -0.2) is 9.67 Å². The van der Waals surface area contributed by atoms with Gasteiger partial charge in [0.25, 0.3) is 5.56 Å². The molecule has 34 heavy (non-hydrogen) atoms. The molecule has 9 heteroatoms. The Morgan fingerprint density at radius 2 is 2.03 bits per heavy atom. The molecule has 0 aliphatic carbocycles. The molecule has 0 saturated carbocycles. The molecule has 1 unspecified atom stereocenters. The first kappa shape index (κ1) is 22.7. The Balaban J connectivity index is 1.46. The Labute approximate surface area is 206 Å². The third-order valence-corrected chi connectivity index (χ3v) is 7.27. The second-order valence-electron chi connectivity index (χ2n) is 8.25. The second-order valence-corrected chi connectivity index (χ2v) is 9.67. The van der Waals surface area contributed by atoms with Crippen LogP contribution in [0.5, 0.6) is 0 Å². The minimum Gasteiger partial charge on any atom is -0.312 e. The fourth-order valence-electron chi connectivity index (χ4n) is 4.21. The average molecular weight is 494 g/mol. The number of aromatic nitrogens is 4. The van der Waals surface area contributed by atoms with E-state index in [9.17, 15) is 9.59 Å². The van der Waals surface area contributed by atoms with E-state index in [1.165, 1.54) is 18.0 Å². The summed E-state index contributed by atoms with van der Waals surface area (Å²) in [4.78, 5) is 33.4. The highest BCUT2D eigenvalue weighted by Gasteiger charge is 2.31. The largest absolute Gasteiger partial charge is 0.312 e. The maximum atomic E-state index is 13.4. The van der Waals surface area contributed by atoms with Crippen LogP contribution < -0.4 is 10.5 Å². The van der Waals surface area contributed by atoms with Crippen LogP contribution in [-0.2, 0) is 4.79 Å². The number of halogens is 1. The summed E-state index contributed by atoms with van der Waals surface area (Å²) in [7, 11) is 0. The first-order valence-corrected chi connectivity index (χ1v) is 12.7. The van der Waals surface area contributed by atoms with Crippen LogP contribution in [0.3, 0.4) is 0 Å². The molecule has 174 valence electrons. The van der Waals surface area contributed by atoms with Gasteiger partial charge in [0.05, 0.1) is 17.9 Å². The number of rotatable bonds is 7. The molecule has 1 aliphatic heterocycles. The van der Waals surface area contributed by atoms with Crippen LogP contribution in [0.1, 0.15) is 32.2 Å². The summed E-state index contributed by atoms with van der Waals surface area (Å²) >= 11 is 7.64. The Morgan fingerprint density at radius 3 is 2.79 bits per heavy atom. The molecule has 3 heterocycles. The van der Waals surface area contributed by atoms with E-state index in [0.29, 0.717) is 33.5 Å². The van der Waals surface area contributed by atoms with Gasteiger partial charge in [-0.05, 0) is 36.8 Å². The summed E-state index contributed by atoms with van der Waals surface area (Å²) in [5, 5.41) is 6.01. The van der Waals surface area contributed by atoms with Gasteiger partial charge in [0.2, 0.25) is 5.91 Å². The maximum absolute atomic E-state index is 13.4. The van der Waals surface area contributed by atoms with Gasteiger partial charge in [-0.15, -0.1) is 0 Å². The van der Waals surface area contributed by atoms with Crippen LogP contribution in [0.25, 0.3) is 16.7 Å². The summed E-state index contributed by atoms with van der Waals surface area (Å²) in [5.74, 6) is 0.640. The molecule has 0 radical (unpaired) electrons. The topological polar surface area (TPSA) is 73.0 Å². The first-order valence-electron chi connectivity index (χ1n) is 11.3. The van der Waals surface area contributed by atoms with E-state index in [0.717, 1.165) is 24.2 Å². The zero-order chi connectivity index (χ0) is 23.7. The number of nitrogens with zero attached hydrogens (tertiary/aromatic N) is 5. The molecule has 0 saturated heterocycles. The molecule has 0 N–H and O–H groups in total. The molecule has 0 bridgehead atoms. The second kappa shape index (κ2) is 9.64. The highest BCUT2D eigenvalue weighted by atomic mass is 35.5. The molecule has 2 aromatic heterocycles. The van der Waals surface area contributed by atoms with Gasteiger partial charge in [0.15, 0.2) is 10.8 Å². The minimum atomic E-state index is -0.251. The Morgan fingerprint density at radius 1 is 1.21 bits per heavy atom. The van der Waals surface area contributed by atoms with Gasteiger partial charge in [-0.3, -0.25) is 14.2 Å². The average Bonchev–Trinajstić information content (AvgIpc) is 3.45. The predicted molar refractivity (Wildman–Crippen MR) is 136 cm³/mol. The number of benzene rings is 2.